The van der Waals surface area contributed by atoms with E-state index in [1.807, 2.05) is 0 Å². The standard InChI is InChI=1S/C19H18F3NO3/c1-23(12-13-7-9-17(25-2)15(20)11-13)18(24)10-8-14-5-3-4-6-16(14)26-19(21)22/h3-11,19H,12H2,1-2H3/b10-8+. The zero-order chi connectivity index (χ0) is 19.1. The summed E-state index contributed by atoms with van der Waals surface area (Å²) in [5.74, 6) is -0.780. The molecule has 0 saturated heterocycles. The fourth-order valence-corrected chi connectivity index (χ4v) is 2.27. The number of halogens is 3. The van der Waals surface area contributed by atoms with Crippen LogP contribution in [-0.4, -0.2) is 31.6 Å². The Morgan fingerprint density at radius 1 is 1.19 bits per heavy atom. The highest BCUT2D eigenvalue weighted by atomic mass is 19.3. The number of nitrogens with zero attached hydrogens (tertiary/aromatic N) is 1. The molecule has 0 saturated carbocycles. The lowest BCUT2D eigenvalue weighted by molar-refractivity contribution is -0.125. The van der Waals surface area contributed by atoms with Gasteiger partial charge in [0.2, 0.25) is 5.91 Å². The van der Waals surface area contributed by atoms with Gasteiger partial charge in [-0.2, -0.15) is 8.78 Å². The second-order valence-corrected chi connectivity index (χ2v) is 5.41. The van der Waals surface area contributed by atoms with Crippen molar-refractivity contribution in [2.45, 2.75) is 13.2 Å². The van der Waals surface area contributed by atoms with Crippen LogP contribution in [0.2, 0.25) is 0 Å². The van der Waals surface area contributed by atoms with Crippen LogP contribution in [-0.2, 0) is 11.3 Å². The summed E-state index contributed by atoms with van der Waals surface area (Å²) in [5, 5.41) is 0. The summed E-state index contributed by atoms with van der Waals surface area (Å²) in [7, 11) is 2.92. The van der Waals surface area contributed by atoms with Gasteiger partial charge in [0.05, 0.1) is 7.11 Å². The van der Waals surface area contributed by atoms with E-state index < -0.39 is 12.4 Å². The summed E-state index contributed by atoms with van der Waals surface area (Å²) in [4.78, 5) is 13.6. The number of para-hydroxylation sites is 1. The van der Waals surface area contributed by atoms with Crippen molar-refractivity contribution in [1.82, 2.24) is 4.90 Å². The second kappa shape index (κ2) is 8.94. The van der Waals surface area contributed by atoms with Gasteiger partial charge in [0.25, 0.3) is 0 Å². The van der Waals surface area contributed by atoms with Crippen molar-refractivity contribution in [3.05, 3.63) is 65.5 Å². The molecule has 2 aromatic carbocycles. The first-order valence-corrected chi connectivity index (χ1v) is 7.70. The van der Waals surface area contributed by atoms with Crippen molar-refractivity contribution in [1.29, 1.82) is 0 Å². The molecular weight excluding hydrogens is 347 g/mol. The molecule has 0 N–H and O–H groups in total. The molecule has 0 aliphatic rings. The quantitative estimate of drug-likeness (QED) is 0.693. The Hall–Kier alpha value is -2.96. The summed E-state index contributed by atoms with van der Waals surface area (Å²) in [6.07, 6.45) is 2.64. The van der Waals surface area contributed by atoms with Crippen molar-refractivity contribution in [3.8, 4) is 11.5 Å². The van der Waals surface area contributed by atoms with Gasteiger partial charge in [0.15, 0.2) is 11.6 Å². The van der Waals surface area contributed by atoms with Crippen LogP contribution in [0.25, 0.3) is 6.08 Å². The maximum absolute atomic E-state index is 13.7. The van der Waals surface area contributed by atoms with Gasteiger partial charge in [-0.05, 0) is 29.8 Å². The third-order valence-electron chi connectivity index (χ3n) is 3.55. The van der Waals surface area contributed by atoms with Crippen molar-refractivity contribution < 1.29 is 27.4 Å². The van der Waals surface area contributed by atoms with E-state index in [2.05, 4.69) is 4.74 Å². The molecule has 1 amide bonds. The minimum Gasteiger partial charge on any atom is -0.494 e. The monoisotopic (exact) mass is 365 g/mol. The van der Waals surface area contributed by atoms with E-state index >= 15 is 0 Å². The Balaban J connectivity index is 2.05. The first kappa shape index (κ1) is 19.4. The predicted octanol–water partition coefficient (Wildman–Crippen LogP) is 4.11. The molecule has 2 aromatic rings. The molecule has 0 aliphatic heterocycles. The summed E-state index contributed by atoms with van der Waals surface area (Å²) in [5.41, 5.74) is 0.944. The molecular formula is C19H18F3NO3. The van der Waals surface area contributed by atoms with E-state index in [0.29, 0.717) is 11.1 Å². The lowest BCUT2D eigenvalue weighted by atomic mass is 10.1. The largest absolute Gasteiger partial charge is 0.494 e. The molecule has 4 nitrogen and oxygen atoms in total. The molecule has 26 heavy (non-hydrogen) atoms. The minimum atomic E-state index is -2.95. The van der Waals surface area contributed by atoms with Crippen LogP contribution in [0.15, 0.2) is 48.5 Å². The van der Waals surface area contributed by atoms with Crippen LogP contribution in [0.3, 0.4) is 0 Å². The number of methoxy groups -OCH3 is 1. The van der Waals surface area contributed by atoms with Gasteiger partial charge in [-0.3, -0.25) is 4.79 Å². The average Bonchev–Trinajstić information content (AvgIpc) is 2.60. The highest BCUT2D eigenvalue weighted by molar-refractivity contribution is 5.92. The summed E-state index contributed by atoms with van der Waals surface area (Å²) >= 11 is 0. The molecule has 0 heterocycles. The normalized spacial score (nSPS) is 11.0. The van der Waals surface area contributed by atoms with Gasteiger partial charge in [0.1, 0.15) is 5.75 Å². The van der Waals surface area contributed by atoms with Crippen LogP contribution in [0.1, 0.15) is 11.1 Å². The Kier molecular flexibility index (Phi) is 6.66. The van der Waals surface area contributed by atoms with Crippen LogP contribution >= 0.6 is 0 Å². The molecule has 7 heteroatoms. The predicted molar refractivity (Wildman–Crippen MR) is 91.5 cm³/mol. The van der Waals surface area contributed by atoms with E-state index in [4.69, 9.17) is 4.74 Å². The number of alkyl halides is 2. The van der Waals surface area contributed by atoms with Gasteiger partial charge in [-0.15, -0.1) is 0 Å². The van der Waals surface area contributed by atoms with E-state index in [0.717, 1.165) is 0 Å². The number of amides is 1. The molecule has 0 radical (unpaired) electrons. The van der Waals surface area contributed by atoms with Crippen LogP contribution in [0.5, 0.6) is 11.5 Å². The van der Waals surface area contributed by atoms with E-state index in [9.17, 15) is 18.0 Å². The van der Waals surface area contributed by atoms with Gasteiger partial charge in [-0.1, -0.05) is 24.3 Å². The Bertz CT molecular complexity index is 793. The maximum Gasteiger partial charge on any atom is 0.387 e. The molecule has 0 bridgehead atoms. The number of carbonyl (C=O) groups is 1. The number of hydrogen-bond donors (Lipinski definition) is 0. The highest BCUT2D eigenvalue weighted by Gasteiger charge is 2.10. The van der Waals surface area contributed by atoms with E-state index in [-0.39, 0.29) is 24.0 Å². The molecule has 0 aliphatic carbocycles. The fraction of sp³-hybridized carbons (Fsp3) is 0.211. The van der Waals surface area contributed by atoms with Gasteiger partial charge in [-0.25, -0.2) is 4.39 Å². The van der Waals surface area contributed by atoms with Gasteiger partial charge < -0.3 is 14.4 Å². The molecule has 138 valence electrons. The van der Waals surface area contributed by atoms with Gasteiger partial charge >= 0.3 is 6.61 Å². The average molecular weight is 365 g/mol. The summed E-state index contributed by atoms with van der Waals surface area (Å²) in [6.45, 7) is -2.77. The van der Waals surface area contributed by atoms with Crippen LogP contribution in [0, 0.1) is 5.82 Å². The number of benzene rings is 2. The van der Waals surface area contributed by atoms with Crippen molar-refractivity contribution >= 4 is 12.0 Å². The number of hydrogen-bond acceptors (Lipinski definition) is 3. The number of ether oxygens (including phenoxy) is 2. The second-order valence-electron chi connectivity index (χ2n) is 5.41. The van der Waals surface area contributed by atoms with Gasteiger partial charge in [0, 0.05) is 25.2 Å². The molecule has 0 atom stereocenters. The Morgan fingerprint density at radius 3 is 2.58 bits per heavy atom. The minimum absolute atomic E-state index is 0.0218. The number of rotatable bonds is 7. The number of carbonyl (C=O) groups excluding carboxylic acids is 1. The van der Waals surface area contributed by atoms with E-state index in [1.54, 1.807) is 31.3 Å². The lowest BCUT2D eigenvalue weighted by Crippen LogP contribution is -2.24. The lowest BCUT2D eigenvalue weighted by Gasteiger charge is -2.16. The Labute approximate surface area is 149 Å². The number of likely N-dealkylation sites (N-methyl/N-ethyl adjacent to an activating group) is 1. The smallest absolute Gasteiger partial charge is 0.387 e. The van der Waals surface area contributed by atoms with Crippen molar-refractivity contribution in [2.24, 2.45) is 0 Å². The molecule has 0 fully saturated rings. The fourth-order valence-electron chi connectivity index (χ4n) is 2.27. The first-order valence-electron chi connectivity index (χ1n) is 7.70. The first-order chi connectivity index (χ1) is 12.4. The molecule has 0 unspecified atom stereocenters. The molecule has 0 spiro atoms. The topological polar surface area (TPSA) is 38.8 Å². The Morgan fingerprint density at radius 2 is 1.92 bits per heavy atom. The van der Waals surface area contributed by atoms with E-state index in [1.165, 1.54) is 42.4 Å². The molecule has 2 rings (SSSR count). The van der Waals surface area contributed by atoms with Crippen LogP contribution < -0.4 is 9.47 Å². The SMILES string of the molecule is COc1ccc(CN(C)C(=O)/C=C/c2ccccc2OC(F)F)cc1F. The molecule has 0 aromatic heterocycles. The summed E-state index contributed by atoms with van der Waals surface area (Å²) < 4.78 is 47.7. The third-order valence-corrected chi connectivity index (χ3v) is 3.55. The third kappa shape index (κ3) is 5.27. The highest BCUT2D eigenvalue weighted by Crippen LogP contribution is 2.22. The zero-order valence-electron chi connectivity index (χ0n) is 14.3. The summed E-state index contributed by atoms with van der Waals surface area (Å²) in [6, 6.07) is 10.6. The van der Waals surface area contributed by atoms with Crippen molar-refractivity contribution in [3.63, 3.8) is 0 Å². The maximum atomic E-state index is 13.7. The van der Waals surface area contributed by atoms with Crippen LogP contribution in [0.4, 0.5) is 13.2 Å². The van der Waals surface area contributed by atoms with Crippen molar-refractivity contribution in [2.75, 3.05) is 14.2 Å². The zero-order valence-corrected chi connectivity index (χ0v) is 14.3.